The summed E-state index contributed by atoms with van der Waals surface area (Å²) in [5.74, 6) is 0.317. The number of benzene rings is 1. The molecule has 0 saturated carbocycles. The van der Waals surface area contributed by atoms with Gasteiger partial charge in [-0.3, -0.25) is 10.2 Å². The summed E-state index contributed by atoms with van der Waals surface area (Å²) >= 11 is 0. The first kappa shape index (κ1) is 16.0. The zero-order valence-electron chi connectivity index (χ0n) is 13.4. The topological polar surface area (TPSA) is 71.9 Å². The standard InChI is InChI=1S/C18H23N3O/c1-12(2)10-11-21-16(14-6-4-13(3)5-7-14)9-8-15(17(19)20)18(21)22/h4-9,12H,10-11H2,1-3H3,(H3,19,20). The molecule has 0 unspecified atom stereocenters. The van der Waals surface area contributed by atoms with Crippen LogP contribution < -0.4 is 11.3 Å². The fraction of sp³-hybridized carbons (Fsp3) is 0.333. The number of aryl methyl sites for hydroxylation is 1. The van der Waals surface area contributed by atoms with Crippen LogP contribution in [0.4, 0.5) is 0 Å². The Morgan fingerprint density at radius 2 is 1.82 bits per heavy atom. The minimum atomic E-state index is -0.189. The zero-order chi connectivity index (χ0) is 16.3. The molecule has 0 saturated heterocycles. The van der Waals surface area contributed by atoms with E-state index in [9.17, 15) is 4.79 Å². The third-order valence-corrected chi connectivity index (χ3v) is 3.74. The lowest BCUT2D eigenvalue weighted by Gasteiger charge is -2.16. The lowest BCUT2D eigenvalue weighted by Crippen LogP contribution is -2.30. The van der Waals surface area contributed by atoms with Gasteiger partial charge in [0.2, 0.25) is 0 Å². The summed E-state index contributed by atoms with van der Waals surface area (Å²) in [6.45, 7) is 6.92. The van der Waals surface area contributed by atoms with E-state index in [0.29, 0.717) is 12.5 Å². The van der Waals surface area contributed by atoms with Crippen LogP contribution in [-0.4, -0.2) is 10.4 Å². The number of hydrogen-bond donors (Lipinski definition) is 2. The molecule has 116 valence electrons. The Morgan fingerprint density at radius 1 is 1.18 bits per heavy atom. The third-order valence-electron chi connectivity index (χ3n) is 3.74. The highest BCUT2D eigenvalue weighted by Gasteiger charge is 2.12. The molecule has 1 aromatic carbocycles. The van der Waals surface area contributed by atoms with Crippen molar-refractivity contribution >= 4 is 5.84 Å². The van der Waals surface area contributed by atoms with Gasteiger partial charge in [-0.1, -0.05) is 43.7 Å². The smallest absolute Gasteiger partial charge is 0.262 e. The van der Waals surface area contributed by atoms with Gasteiger partial charge in [0, 0.05) is 6.54 Å². The van der Waals surface area contributed by atoms with Crippen molar-refractivity contribution in [2.24, 2.45) is 11.7 Å². The highest BCUT2D eigenvalue weighted by Crippen LogP contribution is 2.20. The molecule has 0 amide bonds. The second-order valence-corrected chi connectivity index (χ2v) is 6.05. The lowest BCUT2D eigenvalue weighted by atomic mass is 10.1. The molecule has 22 heavy (non-hydrogen) atoms. The largest absolute Gasteiger partial charge is 0.384 e. The van der Waals surface area contributed by atoms with Crippen molar-refractivity contribution in [3.63, 3.8) is 0 Å². The molecule has 1 aromatic heterocycles. The summed E-state index contributed by atoms with van der Waals surface area (Å²) in [4.78, 5) is 12.6. The Bertz CT molecular complexity index is 727. The minimum absolute atomic E-state index is 0.182. The molecule has 0 radical (unpaired) electrons. The van der Waals surface area contributed by atoms with Gasteiger partial charge in [0.25, 0.3) is 5.56 Å². The summed E-state index contributed by atoms with van der Waals surface area (Å²) in [5, 5.41) is 7.56. The van der Waals surface area contributed by atoms with Crippen LogP contribution in [0.15, 0.2) is 41.2 Å². The third kappa shape index (κ3) is 3.45. The summed E-state index contributed by atoms with van der Waals surface area (Å²) < 4.78 is 1.74. The van der Waals surface area contributed by atoms with Crippen molar-refractivity contribution in [3.05, 3.63) is 57.9 Å². The number of aromatic nitrogens is 1. The number of nitrogen functional groups attached to an aromatic ring is 1. The van der Waals surface area contributed by atoms with Crippen molar-refractivity contribution in [2.75, 3.05) is 0 Å². The molecule has 2 aromatic rings. The van der Waals surface area contributed by atoms with Crippen LogP contribution in [0.1, 0.15) is 31.4 Å². The molecular formula is C18H23N3O. The van der Waals surface area contributed by atoms with Gasteiger partial charge in [0.05, 0.1) is 11.3 Å². The molecule has 0 bridgehead atoms. The maximum Gasteiger partial charge on any atom is 0.262 e. The van der Waals surface area contributed by atoms with Crippen molar-refractivity contribution in [1.29, 1.82) is 5.41 Å². The van der Waals surface area contributed by atoms with Gasteiger partial charge in [-0.25, -0.2) is 0 Å². The van der Waals surface area contributed by atoms with Gasteiger partial charge >= 0.3 is 0 Å². The van der Waals surface area contributed by atoms with Crippen molar-refractivity contribution < 1.29 is 0 Å². The van der Waals surface area contributed by atoms with Gasteiger partial charge in [-0.2, -0.15) is 0 Å². The monoisotopic (exact) mass is 297 g/mol. The molecule has 0 spiro atoms. The fourth-order valence-electron chi connectivity index (χ4n) is 2.37. The van der Waals surface area contributed by atoms with Crippen LogP contribution in [0.25, 0.3) is 11.3 Å². The van der Waals surface area contributed by atoms with Gasteiger partial charge in [-0.05, 0) is 37.0 Å². The molecule has 4 heteroatoms. The first-order valence-electron chi connectivity index (χ1n) is 7.55. The Labute approximate surface area is 131 Å². The summed E-state index contributed by atoms with van der Waals surface area (Å²) in [6.07, 6.45) is 0.903. The SMILES string of the molecule is Cc1ccc(-c2ccc(C(=N)N)c(=O)n2CCC(C)C)cc1. The van der Waals surface area contributed by atoms with E-state index in [2.05, 4.69) is 13.8 Å². The van der Waals surface area contributed by atoms with Crippen LogP contribution >= 0.6 is 0 Å². The van der Waals surface area contributed by atoms with Crippen LogP contribution in [0.2, 0.25) is 0 Å². The lowest BCUT2D eigenvalue weighted by molar-refractivity contribution is 0.510. The van der Waals surface area contributed by atoms with Gasteiger partial charge < -0.3 is 10.3 Å². The Balaban J connectivity index is 2.57. The molecule has 2 rings (SSSR count). The molecule has 0 atom stereocenters. The molecule has 1 heterocycles. The number of amidine groups is 1. The van der Waals surface area contributed by atoms with E-state index in [4.69, 9.17) is 11.1 Å². The molecular weight excluding hydrogens is 274 g/mol. The van der Waals surface area contributed by atoms with Crippen molar-refractivity contribution in [1.82, 2.24) is 4.57 Å². The first-order chi connectivity index (χ1) is 10.4. The van der Waals surface area contributed by atoms with Crippen LogP contribution in [0.3, 0.4) is 0 Å². The molecule has 0 aliphatic rings. The Morgan fingerprint density at radius 3 is 2.36 bits per heavy atom. The number of rotatable bonds is 5. The number of nitrogens with two attached hydrogens (primary N) is 1. The summed E-state index contributed by atoms with van der Waals surface area (Å²) in [5.41, 5.74) is 8.65. The maximum absolute atomic E-state index is 12.6. The second-order valence-electron chi connectivity index (χ2n) is 6.05. The number of pyridine rings is 1. The van der Waals surface area contributed by atoms with Crippen molar-refractivity contribution in [3.8, 4) is 11.3 Å². The zero-order valence-corrected chi connectivity index (χ0v) is 13.4. The van der Waals surface area contributed by atoms with Gasteiger partial charge in [-0.15, -0.1) is 0 Å². The van der Waals surface area contributed by atoms with Crippen LogP contribution in [0.5, 0.6) is 0 Å². The molecule has 4 nitrogen and oxygen atoms in total. The van der Waals surface area contributed by atoms with E-state index in [-0.39, 0.29) is 17.0 Å². The summed E-state index contributed by atoms with van der Waals surface area (Å²) in [6, 6.07) is 11.6. The number of nitrogens with one attached hydrogen (secondary N) is 1. The average molecular weight is 297 g/mol. The second kappa shape index (κ2) is 6.60. The van der Waals surface area contributed by atoms with E-state index >= 15 is 0 Å². The molecule has 0 fully saturated rings. The van der Waals surface area contributed by atoms with Crippen LogP contribution in [0, 0.1) is 18.3 Å². The molecule has 3 N–H and O–H groups in total. The Kier molecular flexibility index (Phi) is 4.81. The normalized spacial score (nSPS) is 10.9. The first-order valence-corrected chi connectivity index (χ1v) is 7.55. The molecule has 0 aliphatic carbocycles. The number of hydrogen-bond acceptors (Lipinski definition) is 2. The van der Waals surface area contributed by atoms with E-state index in [1.807, 2.05) is 37.3 Å². The highest BCUT2D eigenvalue weighted by molar-refractivity contribution is 5.94. The predicted molar refractivity (Wildman–Crippen MR) is 91.3 cm³/mol. The van der Waals surface area contributed by atoms with E-state index in [1.54, 1.807) is 10.6 Å². The highest BCUT2D eigenvalue weighted by atomic mass is 16.1. The quantitative estimate of drug-likeness (QED) is 0.657. The van der Waals surface area contributed by atoms with E-state index < -0.39 is 0 Å². The van der Waals surface area contributed by atoms with Crippen LogP contribution in [-0.2, 0) is 6.54 Å². The van der Waals surface area contributed by atoms with Gasteiger partial charge in [0.15, 0.2) is 0 Å². The molecule has 0 aliphatic heterocycles. The minimum Gasteiger partial charge on any atom is -0.384 e. The van der Waals surface area contributed by atoms with Crippen molar-refractivity contribution in [2.45, 2.75) is 33.7 Å². The average Bonchev–Trinajstić information content (AvgIpc) is 2.46. The summed E-state index contributed by atoms with van der Waals surface area (Å²) in [7, 11) is 0. The maximum atomic E-state index is 12.6. The number of nitrogens with zero attached hydrogens (tertiary/aromatic N) is 1. The van der Waals surface area contributed by atoms with Gasteiger partial charge in [0.1, 0.15) is 5.84 Å². The fourth-order valence-corrected chi connectivity index (χ4v) is 2.37. The predicted octanol–water partition coefficient (Wildman–Crippen LogP) is 3.15. The van der Waals surface area contributed by atoms with E-state index in [0.717, 1.165) is 17.7 Å². The Hall–Kier alpha value is -2.36. The van der Waals surface area contributed by atoms with E-state index in [1.165, 1.54) is 5.56 Å².